The Labute approximate surface area is 268 Å². The summed E-state index contributed by atoms with van der Waals surface area (Å²) in [6.45, 7) is 7.54. The van der Waals surface area contributed by atoms with Crippen LogP contribution in [-0.2, 0) is 16.1 Å². The van der Waals surface area contributed by atoms with Crippen molar-refractivity contribution in [3.8, 4) is 17.2 Å². The molecule has 1 aromatic heterocycles. The number of non-ortho nitro benzene ring substituents is 1. The highest BCUT2D eigenvalue weighted by molar-refractivity contribution is 7.07. The monoisotopic (exact) mass is 643 g/mol. The number of para-hydroxylation sites is 2. The zero-order chi connectivity index (χ0) is 33.0. The van der Waals surface area contributed by atoms with Gasteiger partial charge in [-0.3, -0.25) is 19.5 Å². The first-order chi connectivity index (χ1) is 22.1. The number of nitrogens with zero attached hydrogens (tertiary/aromatic N) is 3. The third-order valence-corrected chi connectivity index (χ3v) is 8.12. The molecule has 4 aromatic rings. The number of benzene rings is 3. The Morgan fingerprint density at radius 2 is 1.80 bits per heavy atom. The van der Waals surface area contributed by atoms with E-state index in [9.17, 15) is 19.7 Å². The number of carbonyl (C=O) groups is 1. The van der Waals surface area contributed by atoms with Gasteiger partial charge >= 0.3 is 5.97 Å². The van der Waals surface area contributed by atoms with Crippen molar-refractivity contribution in [2.24, 2.45) is 4.99 Å². The van der Waals surface area contributed by atoms with Gasteiger partial charge in [-0.1, -0.05) is 41.7 Å². The second kappa shape index (κ2) is 13.8. The minimum absolute atomic E-state index is 0.0184. The Morgan fingerprint density at radius 3 is 2.48 bits per heavy atom. The zero-order valence-electron chi connectivity index (χ0n) is 26.0. The number of hydrogen-bond acceptors (Lipinski definition) is 10. The van der Waals surface area contributed by atoms with Crippen molar-refractivity contribution in [2.75, 3.05) is 13.7 Å². The smallest absolute Gasteiger partial charge is 0.338 e. The Kier molecular flexibility index (Phi) is 9.67. The molecule has 0 fully saturated rings. The fraction of sp³-hybridized carbons (Fsp3) is 0.265. The predicted octanol–water partition coefficient (Wildman–Crippen LogP) is 5.08. The van der Waals surface area contributed by atoms with E-state index in [4.69, 9.17) is 18.9 Å². The number of nitro benzene ring substituents is 1. The Morgan fingerprint density at radius 1 is 1.09 bits per heavy atom. The summed E-state index contributed by atoms with van der Waals surface area (Å²) in [6.07, 6.45) is 1.56. The molecule has 46 heavy (non-hydrogen) atoms. The van der Waals surface area contributed by atoms with E-state index in [1.54, 1.807) is 50.3 Å². The topological polar surface area (TPSA) is 131 Å². The van der Waals surface area contributed by atoms with Crippen LogP contribution in [0.25, 0.3) is 6.08 Å². The highest BCUT2D eigenvalue weighted by atomic mass is 32.1. The standard InChI is InChI=1S/C34H33N3O8S/c1-6-43-33(39)29-21(4)35-34-36(30(29)25-11-7-8-12-26(25)45-20(2)3)32(38)28(46-34)18-23-10-9-13-27(42-5)31(23)44-19-22-14-16-24(17-15-22)37(40)41/h7-18,20,30H,6,19H2,1-5H3/b28-18-/t30-/m0/s1. The van der Waals surface area contributed by atoms with E-state index < -0.39 is 16.9 Å². The van der Waals surface area contributed by atoms with Crippen LogP contribution < -0.4 is 29.1 Å². The van der Waals surface area contributed by atoms with Crippen LogP contribution in [-0.4, -0.2) is 35.3 Å². The van der Waals surface area contributed by atoms with Crippen LogP contribution in [0.2, 0.25) is 0 Å². The molecule has 0 radical (unpaired) electrons. The van der Waals surface area contributed by atoms with Crippen LogP contribution in [0.4, 0.5) is 5.69 Å². The second-order valence-corrected chi connectivity index (χ2v) is 11.6. The van der Waals surface area contributed by atoms with E-state index in [0.717, 1.165) is 0 Å². The van der Waals surface area contributed by atoms with Gasteiger partial charge in [0.2, 0.25) is 0 Å². The highest BCUT2D eigenvalue weighted by Gasteiger charge is 2.35. The maximum Gasteiger partial charge on any atom is 0.338 e. The van der Waals surface area contributed by atoms with Gasteiger partial charge in [0, 0.05) is 23.3 Å². The maximum atomic E-state index is 14.2. The van der Waals surface area contributed by atoms with Crippen molar-refractivity contribution in [1.29, 1.82) is 0 Å². The van der Waals surface area contributed by atoms with E-state index in [-0.39, 0.29) is 36.1 Å². The summed E-state index contributed by atoms with van der Waals surface area (Å²) >= 11 is 1.19. The lowest BCUT2D eigenvalue weighted by Gasteiger charge is -2.26. The average Bonchev–Trinajstić information content (AvgIpc) is 3.33. The number of ether oxygens (including phenoxy) is 4. The first-order valence-corrected chi connectivity index (χ1v) is 15.4. The fourth-order valence-electron chi connectivity index (χ4n) is 5.13. The van der Waals surface area contributed by atoms with Gasteiger partial charge in [-0.25, -0.2) is 9.79 Å². The number of allylic oxidation sites excluding steroid dienone is 1. The number of fused-ring (bicyclic) bond motifs is 1. The fourth-order valence-corrected chi connectivity index (χ4v) is 6.16. The lowest BCUT2D eigenvalue weighted by molar-refractivity contribution is -0.384. The SMILES string of the molecule is CCOC(=O)C1=C(C)N=c2s/c(=C\c3cccc(OC)c3OCc3ccc([N+](=O)[O-])cc3)c(=O)n2[C@H]1c1ccccc1OC(C)C. The van der Waals surface area contributed by atoms with Gasteiger partial charge < -0.3 is 18.9 Å². The van der Waals surface area contributed by atoms with E-state index in [1.165, 1.54) is 35.1 Å². The second-order valence-electron chi connectivity index (χ2n) is 10.6. The zero-order valence-corrected chi connectivity index (χ0v) is 26.8. The van der Waals surface area contributed by atoms with E-state index >= 15 is 0 Å². The highest BCUT2D eigenvalue weighted by Crippen LogP contribution is 2.36. The van der Waals surface area contributed by atoms with Crippen molar-refractivity contribution in [1.82, 2.24) is 4.57 Å². The van der Waals surface area contributed by atoms with Crippen LogP contribution in [0.1, 0.15) is 50.4 Å². The number of aromatic nitrogens is 1. The van der Waals surface area contributed by atoms with Crippen LogP contribution in [0.3, 0.4) is 0 Å². The third kappa shape index (κ3) is 6.57. The molecule has 3 aromatic carbocycles. The maximum absolute atomic E-state index is 14.2. The van der Waals surface area contributed by atoms with Crippen molar-refractivity contribution >= 4 is 29.1 Å². The number of carbonyl (C=O) groups excluding carboxylic acids is 1. The minimum atomic E-state index is -0.837. The summed E-state index contributed by atoms with van der Waals surface area (Å²) in [5, 5.41) is 11.0. The number of rotatable bonds is 11. The van der Waals surface area contributed by atoms with Gasteiger partial charge in [0.05, 0.1) is 40.5 Å². The van der Waals surface area contributed by atoms with Crippen LogP contribution in [0.5, 0.6) is 17.2 Å². The van der Waals surface area contributed by atoms with Gasteiger partial charge in [-0.05, 0) is 63.6 Å². The molecule has 0 bridgehead atoms. The quantitative estimate of drug-likeness (QED) is 0.126. The summed E-state index contributed by atoms with van der Waals surface area (Å²) in [5.41, 5.74) is 2.26. The molecule has 2 heterocycles. The van der Waals surface area contributed by atoms with E-state index in [0.29, 0.717) is 49.0 Å². The molecule has 1 aliphatic rings. The molecule has 0 saturated carbocycles. The van der Waals surface area contributed by atoms with E-state index in [2.05, 4.69) is 4.99 Å². The summed E-state index contributed by atoms with van der Waals surface area (Å²) in [4.78, 5) is 43.2. The Balaban J connectivity index is 1.63. The first kappa shape index (κ1) is 32.2. The number of thiazole rings is 1. The third-order valence-electron chi connectivity index (χ3n) is 7.14. The molecule has 0 spiro atoms. The van der Waals surface area contributed by atoms with Crippen molar-refractivity contribution in [3.63, 3.8) is 0 Å². The largest absolute Gasteiger partial charge is 0.493 e. The van der Waals surface area contributed by atoms with Gasteiger partial charge in [-0.2, -0.15) is 0 Å². The summed E-state index contributed by atoms with van der Waals surface area (Å²) < 4.78 is 25.1. The first-order valence-electron chi connectivity index (χ1n) is 14.6. The van der Waals surface area contributed by atoms with Gasteiger partial charge in [0.15, 0.2) is 16.3 Å². The molecule has 11 nitrogen and oxygen atoms in total. The molecule has 1 atom stereocenters. The Bertz CT molecular complexity index is 1990. The number of hydrogen-bond donors (Lipinski definition) is 0. The lowest BCUT2D eigenvalue weighted by atomic mass is 9.95. The summed E-state index contributed by atoms with van der Waals surface area (Å²) in [6, 6.07) is 17.9. The van der Waals surface area contributed by atoms with Crippen molar-refractivity contribution < 1.29 is 28.7 Å². The number of esters is 1. The molecular weight excluding hydrogens is 610 g/mol. The molecule has 0 aliphatic carbocycles. The van der Waals surface area contributed by atoms with E-state index in [1.807, 2.05) is 38.1 Å². The normalized spacial score (nSPS) is 14.5. The molecule has 1 aliphatic heterocycles. The molecule has 0 N–H and O–H groups in total. The van der Waals surface area contributed by atoms with Crippen LogP contribution in [0, 0.1) is 10.1 Å². The van der Waals surface area contributed by atoms with Crippen LogP contribution >= 0.6 is 11.3 Å². The lowest BCUT2D eigenvalue weighted by Crippen LogP contribution is -2.40. The molecule has 12 heteroatoms. The predicted molar refractivity (Wildman–Crippen MR) is 173 cm³/mol. The van der Waals surface area contributed by atoms with Crippen molar-refractivity contribution in [2.45, 2.75) is 46.4 Å². The van der Waals surface area contributed by atoms with Gasteiger partial charge in [0.1, 0.15) is 18.4 Å². The van der Waals surface area contributed by atoms with Gasteiger partial charge in [0.25, 0.3) is 11.2 Å². The molecule has 0 amide bonds. The summed E-state index contributed by atoms with van der Waals surface area (Å²) in [5.74, 6) is 0.826. The van der Waals surface area contributed by atoms with Crippen LogP contribution in [0.15, 0.2) is 87.8 Å². The number of nitro groups is 1. The summed E-state index contributed by atoms with van der Waals surface area (Å²) in [7, 11) is 1.52. The number of methoxy groups -OCH3 is 1. The average molecular weight is 644 g/mol. The molecule has 0 saturated heterocycles. The van der Waals surface area contributed by atoms with Gasteiger partial charge in [-0.15, -0.1) is 0 Å². The molecule has 5 rings (SSSR count). The molecule has 238 valence electrons. The van der Waals surface area contributed by atoms with Crippen molar-refractivity contribution in [3.05, 3.63) is 124 Å². The minimum Gasteiger partial charge on any atom is -0.493 e. The molecular formula is C34H33N3O8S. The molecule has 0 unspecified atom stereocenters. The Hall–Kier alpha value is -5.23.